The number of aromatic amines is 1. The molecule has 0 radical (unpaired) electrons. The molecule has 0 saturated carbocycles. The topological polar surface area (TPSA) is 116 Å². The van der Waals surface area contributed by atoms with Gasteiger partial charge in [-0.25, -0.2) is 14.6 Å². The summed E-state index contributed by atoms with van der Waals surface area (Å²) in [6.07, 6.45) is 1.53. The van der Waals surface area contributed by atoms with E-state index in [1.54, 1.807) is 10.8 Å². The highest BCUT2D eigenvalue weighted by Crippen LogP contribution is 2.19. The number of halogens is 1. The predicted octanol–water partition coefficient (Wildman–Crippen LogP) is 2.49. The number of aromatic nitrogens is 4. The molecule has 4 rings (SSSR count). The Balaban J connectivity index is 1.54. The van der Waals surface area contributed by atoms with E-state index in [9.17, 15) is 9.59 Å². The van der Waals surface area contributed by atoms with E-state index >= 15 is 0 Å². The van der Waals surface area contributed by atoms with Gasteiger partial charge in [0.05, 0.1) is 12.7 Å². The van der Waals surface area contributed by atoms with Crippen LogP contribution in [-0.4, -0.2) is 55.3 Å². The zero-order valence-electron chi connectivity index (χ0n) is 15.9. The second-order valence-corrected chi connectivity index (χ2v) is 8.40. The second kappa shape index (κ2) is 8.01. The molecule has 1 aromatic carbocycles. The van der Waals surface area contributed by atoms with Crippen molar-refractivity contribution in [2.24, 2.45) is 5.92 Å². The van der Waals surface area contributed by atoms with Crippen molar-refractivity contribution < 1.29 is 9.90 Å². The smallest absolute Gasteiger partial charge is 0.407 e. The quantitative estimate of drug-likeness (QED) is 0.457. The van der Waals surface area contributed by atoms with Crippen LogP contribution in [0.25, 0.3) is 11.2 Å². The number of hydrogen-bond acceptors (Lipinski definition) is 5. The zero-order valence-corrected chi connectivity index (χ0v) is 18.0. The fourth-order valence-electron chi connectivity index (χ4n) is 3.58. The van der Waals surface area contributed by atoms with Crippen LogP contribution in [0.1, 0.15) is 17.5 Å². The van der Waals surface area contributed by atoms with Crippen molar-refractivity contribution in [1.82, 2.24) is 24.4 Å². The normalized spacial score (nSPS) is 16.5. The molecule has 3 N–H and O–H groups in total. The number of H-pyrrole nitrogens is 1. The lowest BCUT2D eigenvalue weighted by Gasteiger charge is -2.13. The number of nitrogens with zero attached hydrogens (tertiary/aromatic N) is 4. The molecule has 1 atom stereocenters. The maximum Gasteiger partial charge on any atom is 0.407 e. The molecule has 1 amide bonds. The fourth-order valence-corrected chi connectivity index (χ4v) is 4.13. The highest BCUT2D eigenvalue weighted by molar-refractivity contribution is 14.1. The first-order chi connectivity index (χ1) is 13.9. The van der Waals surface area contributed by atoms with E-state index in [4.69, 9.17) is 5.11 Å². The maximum atomic E-state index is 12.5. The van der Waals surface area contributed by atoms with Crippen molar-refractivity contribution in [2.45, 2.75) is 19.9 Å². The summed E-state index contributed by atoms with van der Waals surface area (Å²) in [5.74, 6) is 0.645. The molecular formula is C19H21IN6O3. The van der Waals surface area contributed by atoms with Gasteiger partial charge in [-0.3, -0.25) is 4.57 Å². The molecule has 3 aromatic rings. The molecule has 152 valence electrons. The number of rotatable bonds is 5. The van der Waals surface area contributed by atoms with Gasteiger partial charge in [0.1, 0.15) is 5.52 Å². The Morgan fingerprint density at radius 2 is 2.28 bits per heavy atom. The van der Waals surface area contributed by atoms with Crippen LogP contribution in [0.3, 0.4) is 0 Å². The van der Waals surface area contributed by atoms with Crippen molar-refractivity contribution in [3.63, 3.8) is 0 Å². The number of amides is 1. The summed E-state index contributed by atoms with van der Waals surface area (Å²) in [6, 6.07) is 6.03. The molecule has 1 aliphatic heterocycles. The number of carbonyl (C=O) groups is 1. The van der Waals surface area contributed by atoms with Gasteiger partial charge >= 0.3 is 11.8 Å². The van der Waals surface area contributed by atoms with Crippen LogP contribution >= 0.6 is 22.6 Å². The van der Waals surface area contributed by atoms with Gasteiger partial charge in [-0.15, -0.1) is 0 Å². The Hall–Kier alpha value is -2.63. The number of anilines is 1. The number of carboxylic acid groups (broad SMARTS) is 1. The van der Waals surface area contributed by atoms with Crippen LogP contribution in [0.2, 0.25) is 0 Å². The van der Waals surface area contributed by atoms with Gasteiger partial charge in [0.25, 0.3) is 0 Å². The third kappa shape index (κ3) is 4.07. The number of benzene rings is 1. The number of imidazole rings is 1. The van der Waals surface area contributed by atoms with Crippen LogP contribution < -0.4 is 11.0 Å². The Morgan fingerprint density at radius 1 is 1.45 bits per heavy atom. The van der Waals surface area contributed by atoms with E-state index in [0.717, 1.165) is 21.1 Å². The largest absolute Gasteiger partial charge is 0.465 e. The summed E-state index contributed by atoms with van der Waals surface area (Å²) in [7, 11) is 0. The van der Waals surface area contributed by atoms with Crippen molar-refractivity contribution >= 4 is 45.8 Å². The van der Waals surface area contributed by atoms with Crippen molar-refractivity contribution in [1.29, 1.82) is 0 Å². The van der Waals surface area contributed by atoms with Crippen molar-refractivity contribution in [3.8, 4) is 0 Å². The fraction of sp³-hybridized carbons (Fsp3) is 0.368. The minimum Gasteiger partial charge on any atom is -0.465 e. The summed E-state index contributed by atoms with van der Waals surface area (Å²) in [5.41, 5.74) is 3.11. The Kier molecular flexibility index (Phi) is 5.43. The Morgan fingerprint density at radius 3 is 3.03 bits per heavy atom. The number of hydrogen-bond donors (Lipinski definition) is 3. The highest BCUT2D eigenvalue weighted by Gasteiger charge is 2.25. The van der Waals surface area contributed by atoms with Crippen LogP contribution in [-0.2, 0) is 6.54 Å². The molecule has 2 aromatic heterocycles. The Bertz CT molecular complexity index is 1120. The van der Waals surface area contributed by atoms with E-state index in [0.29, 0.717) is 43.3 Å². The van der Waals surface area contributed by atoms with Crippen LogP contribution in [0.15, 0.2) is 29.2 Å². The maximum absolute atomic E-state index is 12.5. The first-order valence-electron chi connectivity index (χ1n) is 9.33. The molecule has 1 fully saturated rings. The molecule has 0 bridgehead atoms. The SMILES string of the molecule is Cc1c(I)cccc1Cn1c(=O)[nH]c2cnc(NCC3CCN(C(=O)O)C3)nc21. The molecule has 0 spiro atoms. The van der Waals surface area contributed by atoms with Crippen LogP contribution in [0.5, 0.6) is 0 Å². The molecule has 1 unspecified atom stereocenters. The van der Waals surface area contributed by atoms with E-state index in [2.05, 4.69) is 42.9 Å². The molecule has 9 nitrogen and oxygen atoms in total. The lowest BCUT2D eigenvalue weighted by molar-refractivity contribution is 0.154. The third-order valence-corrected chi connectivity index (χ3v) is 6.49. The van der Waals surface area contributed by atoms with Gasteiger partial charge in [-0.2, -0.15) is 4.98 Å². The molecule has 10 heteroatoms. The predicted molar refractivity (Wildman–Crippen MR) is 117 cm³/mol. The standard InChI is InChI=1S/C19H21IN6O3/c1-11-13(3-2-4-14(11)20)10-26-16-15(23-18(26)27)8-22-17(24-16)21-7-12-5-6-25(9-12)19(28)29/h2-4,8,12H,5-7,9-10H2,1H3,(H,23,27)(H,28,29)(H,21,22,24). The minimum absolute atomic E-state index is 0.216. The summed E-state index contributed by atoms with van der Waals surface area (Å²) in [6.45, 7) is 4.11. The van der Waals surface area contributed by atoms with Gasteiger partial charge < -0.3 is 20.3 Å². The summed E-state index contributed by atoms with van der Waals surface area (Å²) in [5, 5.41) is 12.3. The molecule has 1 aliphatic rings. The number of fused-ring (bicyclic) bond motifs is 1. The third-order valence-electron chi connectivity index (χ3n) is 5.32. The zero-order chi connectivity index (χ0) is 20.5. The van der Waals surface area contributed by atoms with Gasteiger partial charge in [0.2, 0.25) is 5.95 Å². The molecule has 29 heavy (non-hydrogen) atoms. The van der Waals surface area contributed by atoms with E-state index in [1.807, 2.05) is 25.1 Å². The van der Waals surface area contributed by atoms with E-state index in [1.165, 1.54) is 4.90 Å². The van der Waals surface area contributed by atoms with E-state index in [-0.39, 0.29) is 11.6 Å². The van der Waals surface area contributed by atoms with Crippen molar-refractivity contribution in [2.75, 3.05) is 25.0 Å². The average molecular weight is 508 g/mol. The van der Waals surface area contributed by atoms with Crippen LogP contribution in [0.4, 0.5) is 10.7 Å². The number of likely N-dealkylation sites (tertiary alicyclic amines) is 1. The lowest BCUT2D eigenvalue weighted by atomic mass is 10.1. The average Bonchev–Trinajstić information content (AvgIpc) is 3.29. The van der Waals surface area contributed by atoms with Gasteiger partial charge in [-0.1, -0.05) is 12.1 Å². The lowest BCUT2D eigenvalue weighted by Crippen LogP contribution is -2.28. The highest BCUT2D eigenvalue weighted by atomic mass is 127. The van der Waals surface area contributed by atoms with E-state index < -0.39 is 6.09 Å². The summed E-state index contributed by atoms with van der Waals surface area (Å²) in [4.78, 5) is 36.6. The summed E-state index contributed by atoms with van der Waals surface area (Å²) < 4.78 is 2.76. The molecule has 3 heterocycles. The Labute approximate surface area is 180 Å². The molecule has 0 aliphatic carbocycles. The van der Waals surface area contributed by atoms with Gasteiger partial charge in [0, 0.05) is 23.2 Å². The summed E-state index contributed by atoms with van der Waals surface area (Å²) >= 11 is 2.29. The number of nitrogens with one attached hydrogen (secondary N) is 2. The second-order valence-electron chi connectivity index (χ2n) is 7.24. The van der Waals surface area contributed by atoms with Crippen molar-refractivity contribution in [3.05, 3.63) is 49.6 Å². The first-order valence-corrected chi connectivity index (χ1v) is 10.4. The monoisotopic (exact) mass is 508 g/mol. The first kappa shape index (κ1) is 19.7. The molecule has 1 saturated heterocycles. The van der Waals surface area contributed by atoms with Crippen LogP contribution in [0, 0.1) is 16.4 Å². The van der Waals surface area contributed by atoms with Gasteiger partial charge in [-0.05, 0) is 59.0 Å². The van der Waals surface area contributed by atoms with Gasteiger partial charge in [0.15, 0.2) is 5.65 Å². The minimum atomic E-state index is -0.882. The molecular weight excluding hydrogens is 487 g/mol.